The second-order valence-electron chi connectivity index (χ2n) is 14.3. The fourth-order valence-electron chi connectivity index (χ4n) is 6.35. The number of aryl methyl sites for hydroxylation is 2. The minimum Gasteiger partial charge on any atom is -0.497 e. The van der Waals surface area contributed by atoms with Crippen LogP contribution in [0.2, 0.25) is 0 Å². The Morgan fingerprint density at radius 1 is 0.257 bits per heavy atom. The van der Waals surface area contributed by atoms with Gasteiger partial charge in [0.1, 0.15) is 34.5 Å². The molecule has 0 bridgehead atoms. The molecular weight excluding hydrogens is 913 g/mol. The maximum atomic E-state index is 12.8. The van der Waals surface area contributed by atoms with E-state index in [1.54, 1.807) is 111 Å². The van der Waals surface area contributed by atoms with Crippen LogP contribution in [-0.4, -0.2) is 31.1 Å². The Labute approximate surface area is 418 Å². The highest BCUT2D eigenvalue weighted by Crippen LogP contribution is 2.31. The third kappa shape index (κ3) is 16.0. The van der Waals surface area contributed by atoms with Crippen LogP contribution in [0.3, 0.4) is 0 Å². The molecule has 0 aliphatic carbocycles. The summed E-state index contributed by atoms with van der Waals surface area (Å²) in [7, 11) is -3.81. The number of ether oxygens (including phenoxy) is 4. The van der Waals surface area contributed by atoms with Crippen molar-refractivity contribution in [2.75, 3.05) is 14.2 Å². The summed E-state index contributed by atoms with van der Waals surface area (Å²) in [6.45, 7) is 19.8. The Kier molecular flexibility index (Phi) is 23.7. The normalized spacial score (nSPS) is 10.2. The summed E-state index contributed by atoms with van der Waals surface area (Å²) < 4.78 is 73.3. The van der Waals surface area contributed by atoms with Gasteiger partial charge in [0.05, 0.1) is 33.8 Å². The molecule has 0 N–H and O–H groups in total. The molecule has 0 aliphatic heterocycles. The van der Waals surface area contributed by atoms with E-state index >= 15 is 0 Å². The molecule has 0 heterocycles. The molecule has 0 amide bonds. The summed E-state index contributed by atoms with van der Waals surface area (Å²) in [5.41, 5.74) is 6.32. The number of hydrogen-bond donors (Lipinski definition) is 0. The fourth-order valence-corrected chi connectivity index (χ4v) is 8.87. The summed E-state index contributed by atoms with van der Waals surface area (Å²) in [6, 6.07) is 57.7. The maximum Gasteiger partial charge on any atom is 0.206 e. The van der Waals surface area contributed by atoms with E-state index in [1.807, 2.05) is 166 Å². The molecule has 8 aromatic carbocycles. The molecule has 0 saturated carbocycles. The molecule has 0 saturated heterocycles. The van der Waals surface area contributed by atoms with Crippen molar-refractivity contribution >= 4 is 19.7 Å². The smallest absolute Gasteiger partial charge is 0.206 e. The van der Waals surface area contributed by atoms with E-state index in [4.69, 9.17) is 18.9 Å². The van der Waals surface area contributed by atoms with Crippen molar-refractivity contribution < 1.29 is 35.8 Å². The van der Waals surface area contributed by atoms with Crippen molar-refractivity contribution in [3.63, 3.8) is 0 Å². The molecule has 10 heteroatoms. The predicted octanol–water partition coefficient (Wildman–Crippen LogP) is 16.7. The number of benzene rings is 8. The molecule has 368 valence electrons. The van der Waals surface area contributed by atoms with Gasteiger partial charge in [-0.25, -0.2) is 16.8 Å². The van der Waals surface area contributed by atoms with Crippen LogP contribution >= 0.6 is 0 Å². The highest BCUT2D eigenvalue weighted by molar-refractivity contribution is 7.91. The molecule has 0 radical (unpaired) electrons. The van der Waals surface area contributed by atoms with Crippen molar-refractivity contribution in [1.29, 1.82) is 0 Å². The van der Waals surface area contributed by atoms with Gasteiger partial charge in [-0.3, -0.25) is 0 Å². The minimum absolute atomic E-state index is 0.235. The van der Waals surface area contributed by atoms with Crippen molar-refractivity contribution in [1.82, 2.24) is 0 Å². The van der Waals surface area contributed by atoms with Gasteiger partial charge in [-0.2, -0.15) is 0 Å². The highest BCUT2D eigenvalue weighted by Gasteiger charge is 2.19. The van der Waals surface area contributed by atoms with Crippen LogP contribution in [0.5, 0.6) is 34.5 Å². The number of hydrogen-bond acceptors (Lipinski definition) is 8. The van der Waals surface area contributed by atoms with Gasteiger partial charge in [0.25, 0.3) is 0 Å². The van der Waals surface area contributed by atoms with E-state index in [0.29, 0.717) is 23.0 Å². The van der Waals surface area contributed by atoms with E-state index in [1.165, 1.54) is 0 Å². The molecule has 0 aliphatic rings. The lowest BCUT2D eigenvalue weighted by atomic mass is 10.1. The van der Waals surface area contributed by atoms with E-state index in [0.717, 1.165) is 44.9 Å². The quantitative estimate of drug-likeness (QED) is 0.119. The van der Waals surface area contributed by atoms with Gasteiger partial charge in [-0.15, -0.1) is 0 Å². The van der Waals surface area contributed by atoms with Gasteiger partial charge in [0.15, 0.2) is 0 Å². The molecule has 0 aromatic heterocycles. The Balaban J connectivity index is 0.000000324. The first kappa shape index (κ1) is 57.2. The number of rotatable bonds is 12. The molecule has 70 heavy (non-hydrogen) atoms. The number of methoxy groups -OCH3 is 2. The zero-order chi connectivity index (χ0) is 51.7. The third-order valence-corrected chi connectivity index (χ3v) is 13.5. The molecule has 0 atom stereocenters. The second-order valence-corrected chi connectivity index (χ2v) is 18.2. The lowest BCUT2D eigenvalue weighted by Gasteiger charge is -2.09. The summed E-state index contributed by atoms with van der Waals surface area (Å²) in [6.07, 6.45) is 0. The number of sulfone groups is 2. The van der Waals surface area contributed by atoms with E-state index < -0.39 is 19.7 Å². The van der Waals surface area contributed by atoms with Gasteiger partial charge >= 0.3 is 0 Å². The first-order valence-corrected chi connectivity index (χ1v) is 26.6. The Morgan fingerprint density at radius 2 is 0.429 bits per heavy atom. The van der Waals surface area contributed by atoms with Crippen molar-refractivity contribution in [2.45, 2.75) is 88.8 Å². The van der Waals surface area contributed by atoms with Gasteiger partial charge in [0, 0.05) is 0 Å². The van der Waals surface area contributed by atoms with Gasteiger partial charge in [0.2, 0.25) is 19.7 Å². The minimum atomic E-state index is -3.55. The Bertz CT molecular complexity index is 2730. The lowest BCUT2D eigenvalue weighted by molar-refractivity contribution is 0.415. The van der Waals surface area contributed by atoms with Crippen LogP contribution in [0, 0.1) is 13.8 Å². The Hall–Kier alpha value is -7.14. The molecule has 8 nitrogen and oxygen atoms in total. The van der Waals surface area contributed by atoms with Crippen LogP contribution in [0.4, 0.5) is 0 Å². The monoisotopic (exact) mass is 980 g/mol. The molecule has 8 aromatic rings. The summed E-state index contributed by atoms with van der Waals surface area (Å²) >= 11 is 0. The molecule has 8 rings (SSSR count). The second kappa shape index (κ2) is 29.0. The SMILES string of the molecule is CC.CC.CC.CC.COc1ccc(-c2ccc(Oc3ccc(S(=O)(=O)c4ccc(C)cc4)cc3)cc2)cc1.COc1ccc(-c2ccc(Oc3ccc(S(=O)(=O)c4ccc(C)cc4)cc3)cc2)cc1. The molecule has 0 spiro atoms. The van der Waals surface area contributed by atoms with Crippen molar-refractivity contribution in [2.24, 2.45) is 0 Å². The lowest BCUT2D eigenvalue weighted by Crippen LogP contribution is -2.01. The fraction of sp³-hybridized carbons (Fsp3) is 0.200. The van der Waals surface area contributed by atoms with Gasteiger partial charge in [-0.1, -0.05) is 139 Å². The van der Waals surface area contributed by atoms with Gasteiger partial charge < -0.3 is 18.9 Å². The summed E-state index contributed by atoms with van der Waals surface area (Å²) in [5, 5.41) is 0. The first-order chi connectivity index (χ1) is 33.9. The zero-order valence-electron chi connectivity index (χ0n) is 42.6. The van der Waals surface area contributed by atoms with Crippen LogP contribution in [0.1, 0.15) is 66.5 Å². The molecule has 0 unspecified atom stereocenters. The van der Waals surface area contributed by atoms with Gasteiger partial charge in [-0.05, 0) is 157 Å². The van der Waals surface area contributed by atoms with E-state index in [2.05, 4.69) is 0 Å². The predicted molar refractivity (Wildman–Crippen MR) is 289 cm³/mol. The first-order valence-electron chi connectivity index (χ1n) is 23.6. The summed E-state index contributed by atoms with van der Waals surface area (Å²) in [5.74, 6) is 4.12. The maximum absolute atomic E-state index is 12.8. The van der Waals surface area contributed by atoms with Crippen LogP contribution < -0.4 is 18.9 Å². The van der Waals surface area contributed by atoms with E-state index in [-0.39, 0.29) is 19.6 Å². The van der Waals surface area contributed by atoms with Crippen LogP contribution in [0.25, 0.3) is 22.3 Å². The highest BCUT2D eigenvalue weighted by atomic mass is 32.2. The van der Waals surface area contributed by atoms with Crippen LogP contribution in [-0.2, 0) is 19.7 Å². The summed E-state index contributed by atoms with van der Waals surface area (Å²) in [4.78, 5) is 1.03. The average Bonchev–Trinajstić information content (AvgIpc) is 3.42. The largest absolute Gasteiger partial charge is 0.497 e. The molecule has 0 fully saturated rings. The van der Waals surface area contributed by atoms with E-state index in [9.17, 15) is 16.8 Å². The average molecular weight is 981 g/mol. The topological polar surface area (TPSA) is 105 Å². The van der Waals surface area contributed by atoms with Crippen molar-refractivity contribution in [3.8, 4) is 56.8 Å². The van der Waals surface area contributed by atoms with Crippen LogP contribution in [0.15, 0.2) is 214 Å². The Morgan fingerprint density at radius 3 is 0.629 bits per heavy atom. The molecular formula is C60H68O8S2. The zero-order valence-corrected chi connectivity index (χ0v) is 44.2. The standard InChI is InChI=1S/2C26H22O4S.4C2H6/c2*1-19-3-15-25(16-4-19)31(27,28)26-17-13-24(14-18-26)30-23-11-7-21(8-12-23)20-5-9-22(29-2)10-6-20;4*1-2/h2*3-18H,1-2H3;4*1-2H3. The third-order valence-electron chi connectivity index (χ3n) is 9.96. The van der Waals surface area contributed by atoms with Crippen molar-refractivity contribution in [3.05, 3.63) is 205 Å².